The fraction of sp³-hybridized carbons (Fsp3) is 0.143. The molecule has 0 amide bonds. The average molecular weight is 238 g/mol. The number of imidazole rings is 1. The third kappa shape index (κ3) is 1.72. The number of nitrogens with one attached hydrogen (secondary N) is 1. The number of nitrogens with zero attached hydrogens (tertiary/aromatic N) is 3. The molecule has 3 aromatic rings. The van der Waals surface area contributed by atoms with Crippen molar-refractivity contribution < 1.29 is 0 Å². The van der Waals surface area contributed by atoms with E-state index in [-0.39, 0.29) is 0 Å². The van der Waals surface area contributed by atoms with Gasteiger partial charge in [0.15, 0.2) is 5.65 Å². The Balaban J connectivity index is 2.19. The van der Waals surface area contributed by atoms with Crippen molar-refractivity contribution in [2.75, 3.05) is 12.4 Å². The van der Waals surface area contributed by atoms with E-state index in [1.54, 1.807) is 0 Å². The molecule has 0 aliphatic rings. The van der Waals surface area contributed by atoms with E-state index < -0.39 is 0 Å². The number of rotatable bonds is 2. The Morgan fingerprint density at radius 1 is 1.06 bits per heavy atom. The summed E-state index contributed by atoms with van der Waals surface area (Å²) in [5.41, 5.74) is 4.22. The van der Waals surface area contributed by atoms with Gasteiger partial charge in [-0.25, -0.2) is 9.50 Å². The lowest BCUT2D eigenvalue weighted by Crippen LogP contribution is -1.99. The van der Waals surface area contributed by atoms with Gasteiger partial charge in [0.1, 0.15) is 5.82 Å². The number of aromatic nitrogens is 3. The molecule has 1 aromatic carbocycles. The number of aryl methyl sites for hydroxylation is 1. The van der Waals surface area contributed by atoms with Crippen molar-refractivity contribution in [3.8, 4) is 11.3 Å². The second-order valence-electron chi connectivity index (χ2n) is 4.25. The van der Waals surface area contributed by atoms with Gasteiger partial charge < -0.3 is 5.32 Å². The van der Waals surface area contributed by atoms with E-state index in [1.807, 2.05) is 29.9 Å². The molecule has 0 saturated carbocycles. The predicted octanol–water partition coefficient (Wildman–Crippen LogP) is 2.75. The summed E-state index contributed by atoms with van der Waals surface area (Å²) in [5, 5.41) is 7.53. The number of anilines is 1. The zero-order valence-corrected chi connectivity index (χ0v) is 10.4. The third-order valence-corrected chi connectivity index (χ3v) is 2.97. The first-order chi connectivity index (χ1) is 8.78. The second-order valence-corrected chi connectivity index (χ2v) is 4.25. The maximum absolute atomic E-state index is 4.50. The van der Waals surface area contributed by atoms with Crippen LogP contribution in [-0.4, -0.2) is 21.6 Å². The molecule has 0 saturated heterocycles. The van der Waals surface area contributed by atoms with Crippen LogP contribution in [0, 0.1) is 6.92 Å². The summed E-state index contributed by atoms with van der Waals surface area (Å²) in [6.45, 7) is 2.08. The van der Waals surface area contributed by atoms with Gasteiger partial charge in [0.2, 0.25) is 0 Å². The summed E-state index contributed by atoms with van der Waals surface area (Å²) in [5.74, 6) is 0.828. The minimum Gasteiger partial charge on any atom is -0.372 e. The summed E-state index contributed by atoms with van der Waals surface area (Å²) in [6.07, 6.45) is 1.85. The molecule has 4 nitrogen and oxygen atoms in total. The number of hydrogen-bond donors (Lipinski definition) is 1. The Hall–Kier alpha value is -2.36. The third-order valence-electron chi connectivity index (χ3n) is 2.97. The highest BCUT2D eigenvalue weighted by Crippen LogP contribution is 2.21. The van der Waals surface area contributed by atoms with Gasteiger partial charge in [-0.1, -0.05) is 29.8 Å². The molecule has 4 heteroatoms. The van der Waals surface area contributed by atoms with Crippen molar-refractivity contribution in [1.29, 1.82) is 0 Å². The lowest BCUT2D eigenvalue weighted by atomic mass is 10.1. The van der Waals surface area contributed by atoms with Crippen molar-refractivity contribution in [1.82, 2.24) is 14.6 Å². The van der Waals surface area contributed by atoms with Crippen LogP contribution in [0.1, 0.15) is 5.56 Å². The summed E-state index contributed by atoms with van der Waals surface area (Å²) < 4.78 is 1.86. The van der Waals surface area contributed by atoms with Crippen LogP contribution >= 0.6 is 0 Å². The molecule has 1 N–H and O–H groups in total. The van der Waals surface area contributed by atoms with Gasteiger partial charge >= 0.3 is 0 Å². The maximum Gasteiger partial charge on any atom is 0.154 e. The number of fused-ring (bicyclic) bond motifs is 1. The zero-order chi connectivity index (χ0) is 12.5. The van der Waals surface area contributed by atoms with Crippen LogP contribution < -0.4 is 5.32 Å². The molecule has 0 unspecified atom stereocenters. The Labute approximate surface area is 105 Å². The molecule has 0 spiro atoms. The van der Waals surface area contributed by atoms with Crippen molar-refractivity contribution >= 4 is 11.5 Å². The highest BCUT2D eigenvalue weighted by atomic mass is 15.3. The molecule has 18 heavy (non-hydrogen) atoms. The molecular formula is C14H14N4. The summed E-state index contributed by atoms with van der Waals surface area (Å²) >= 11 is 0. The van der Waals surface area contributed by atoms with Crippen LogP contribution in [0.4, 0.5) is 5.82 Å². The molecule has 0 aliphatic carbocycles. The molecule has 0 atom stereocenters. The quantitative estimate of drug-likeness (QED) is 0.746. The van der Waals surface area contributed by atoms with E-state index in [1.165, 1.54) is 5.56 Å². The Kier molecular flexibility index (Phi) is 2.48. The van der Waals surface area contributed by atoms with Gasteiger partial charge in [-0.15, -0.1) is 5.10 Å². The topological polar surface area (TPSA) is 42.2 Å². The molecule has 0 aliphatic heterocycles. The second kappa shape index (κ2) is 4.14. The monoisotopic (exact) mass is 238 g/mol. The molecule has 3 rings (SSSR count). The minimum atomic E-state index is 0.828. The van der Waals surface area contributed by atoms with Gasteiger partial charge in [-0.3, -0.25) is 0 Å². The van der Waals surface area contributed by atoms with E-state index in [4.69, 9.17) is 0 Å². The normalized spacial score (nSPS) is 10.8. The van der Waals surface area contributed by atoms with Crippen molar-refractivity contribution in [3.63, 3.8) is 0 Å². The lowest BCUT2D eigenvalue weighted by Gasteiger charge is -2.03. The van der Waals surface area contributed by atoms with Crippen molar-refractivity contribution in [3.05, 3.63) is 48.2 Å². The van der Waals surface area contributed by atoms with E-state index in [9.17, 15) is 0 Å². The summed E-state index contributed by atoms with van der Waals surface area (Å²) in [7, 11) is 1.86. The standard InChI is InChI=1S/C14H14N4/c1-10-3-5-11(6-4-10)12-9-16-14-8-7-13(15-2)17-18(12)14/h3-9H,1-2H3,(H,15,17). The van der Waals surface area contributed by atoms with Crippen LogP contribution in [0.25, 0.3) is 16.9 Å². The zero-order valence-electron chi connectivity index (χ0n) is 10.4. The first-order valence-corrected chi connectivity index (χ1v) is 5.87. The fourth-order valence-electron chi connectivity index (χ4n) is 1.93. The highest BCUT2D eigenvalue weighted by Gasteiger charge is 2.07. The highest BCUT2D eigenvalue weighted by molar-refractivity contribution is 5.63. The SMILES string of the molecule is CNc1ccc2ncc(-c3ccc(C)cc3)n2n1. The van der Waals surface area contributed by atoms with Gasteiger partial charge in [0.25, 0.3) is 0 Å². The van der Waals surface area contributed by atoms with Crippen molar-refractivity contribution in [2.45, 2.75) is 6.92 Å². The van der Waals surface area contributed by atoms with Gasteiger partial charge in [0.05, 0.1) is 11.9 Å². The number of hydrogen-bond acceptors (Lipinski definition) is 3. The molecule has 0 bridgehead atoms. The van der Waals surface area contributed by atoms with Crippen LogP contribution in [0.5, 0.6) is 0 Å². The smallest absolute Gasteiger partial charge is 0.154 e. The number of benzene rings is 1. The first-order valence-electron chi connectivity index (χ1n) is 5.87. The van der Waals surface area contributed by atoms with Crippen LogP contribution in [0.15, 0.2) is 42.6 Å². The minimum absolute atomic E-state index is 0.828. The van der Waals surface area contributed by atoms with E-state index >= 15 is 0 Å². The van der Waals surface area contributed by atoms with Crippen LogP contribution in [0.2, 0.25) is 0 Å². The van der Waals surface area contributed by atoms with E-state index in [0.29, 0.717) is 0 Å². The predicted molar refractivity (Wildman–Crippen MR) is 72.7 cm³/mol. The van der Waals surface area contributed by atoms with Gasteiger partial charge in [-0.05, 0) is 19.1 Å². The largest absolute Gasteiger partial charge is 0.372 e. The first kappa shape index (κ1) is 10.8. The lowest BCUT2D eigenvalue weighted by molar-refractivity contribution is 0.945. The Morgan fingerprint density at radius 3 is 2.56 bits per heavy atom. The van der Waals surface area contributed by atoms with Crippen LogP contribution in [-0.2, 0) is 0 Å². The van der Waals surface area contributed by atoms with Crippen molar-refractivity contribution in [2.24, 2.45) is 0 Å². The molecule has 2 aromatic heterocycles. The van der Waals surface area contributed by atoms with E-state index in [0.717, 1.165) is 22.7 Å². The molecule has 0 fully saturated rings. The molecule has 0 radical (unpaired) electrons. The van der Waals surface area contributed by atoms with E-state index in [2.05, 4.69) is 46.6 Å². The molecule has 90 valence electrons. The average Bonchev–Trinajstić information content (AvgIpc) is 2.82. The molecule has 2 heterocycles. The Bertz CT molecular complexity index is 683. The van der Waals surface area contributed by atoms with Gasteiger partial charge in [-0.2, -0.15) is 0 Å². The Morgan fingerprint density at radius 2 is 1.83 bits per heavy atom. The van der Waals surface area contributed by atoms with Crippen LogP contribution in [0.3, 0.4) is 0 Å². The maximum atomic E-state index is 4.50. The fourth-order valence-corrected chi connectivity index (χ4v) is 1.93. The molecular weight excluding hydrogens is 224 g/mol. The van der Waals surface area contributed by atoms with Gasteiger partial charge in [0, 0.05) is 12.6 Å². The summed E-state index contributed by atoms with van der Waals surface area (Å²) in [6, 6.07) is 12.2. The summed E-state index contributed by atoms with van der Waals surface area (Å²) in [4.78, 5) is 4.37.